The smallest absolute Gasteiger partial charge is 0.254 e. The molecule has 4 nitrogen and oxygen atoms in total. The van der Waals surface area contributed by atoms with Crippen LogP contribution in [0.25, 0.3) is 0 Å². The third-order valence-corrected chi connectivity index (χ3v) is 4.25. The molecule has 0 aliphatic carbocycles. The molecular weight excluding hydrogens is 288 g/mol. The van der Waals surface area contributed by atoms with Gasteiger partial charge in [0, 0.05) is 18.7 Å². The average Bonchev–Trinajstić information content (AvgIpc) is 2.62. The molecule has 1 heterocycles. The molecule has 4 heteroatoms. The summed E-state index contributed by atoms with van der Waals surface area (Å²) < 4.78 is 5.79. The molecule has 2 N–H and O–H groups in total. The van der Waals surface area contributed by atoms with E-state index in [1.165, 1.54) is 0 Å². The molecule has 1 aliphatic rings. The standard InChI is InChI=1S/C19H22N2O2/c1-14-12-21(18(13-23-14)16-5-3-2-4-6-16)19(22)17-9-7-15(11-20)8-10-17/h2-10,14,18H,11-13,20H2,1H3. The van der Waals surface area contributed by atoms with Crippen LogP contribution < -0.4 is 5.73 Å². The first kappa shape index (κ1) is 15.7. The van der Waals surface area contributed by atoms with Crippen LogP contribution in [-0.2, 0) is 11.3 Å². The molecule has 3 rings (SSSR count). The van der Waals surface area contributed by atoms with Gasteiger partial charge in [-0.25, -0.2) is 0 Å². The van der Waals surface area contributed by atoms with Crippen molar-refractivity contribution in [2.45, 2.75) is 25.6 Å². The van der Waals surface area contributed by atoms with Gasteiger partial charge < -0.3 is 15.4 Å². The molecule has 2 unspecified atom stereocenters. The lowest BCUT2D eigenvalue weighted by molar-refractivity contribution is -0.0447. The Morgan fingerprint density at radius 1 is 1.17 bits per heavy atom. The molecule has 1 amide bonds. The summed E-state index contributed by atoms with van der Waals surface area (Å²) in [7, 11) is 0. The van der Waals surface area contributed by atoms with Crippen LogP contribution in [0.3, 0.4) is 0 Å². The van der Waals surface area contributed by atoms with Gasteiger partial charge in [-0.1, -0.05) is 42.5 Å². The van der Waals surface area contributed by atoms with Crippen LogP contribution in [0.1, 0.15) is 34.5 Å². The number of amides is 1. The summed E-state index contributed by atoms with van der Waals surface area (Å²) in [6.07, 6.45) is 0.0437. The highest BCUT2D eigenvalue weighted by Crippen LogP contribution is 2.27. The first-order chi connectivity index (χ1) is 11.2. The zero-order valence-electron chi connectivity index (χ0n) is 13.3. The lowest BCUT2D eigenvalue weighted by Crippen LogP contribution is -2.46. The Kier molecular flexibility index (Phi) is 4.74. The monoisotopic (exact) mass is 310 g/mol. The highest BCUT2D eigenvalue weighted by Gasteiger charge is 2.32. The second kappa shape index (κ2) is 6.94. The summed E-state index contributed by atoms with van der Waals surface area (Å²) in [5.41, 5.74) is 8.44. The molecule has 1 fully saturated rings. The summed E-state index contributed by atoms with van der Waals surface area (Å²) in [5, 5.41) is 0. The number of benzene rings is 2. The van der Waals surface area contributed by atoms with E-state index >= 15 is 0 Å². The van der Waals surface area contributed by atoms with Crippen LogP contribution in [0.2, 0.25) is 0 Å². The van der Waals surface area contributed by atoms with Crippen molar-refractivity contribution in [3.8, 4) is 0 Å². The van der Waals surface area contributed by atoms with Gasteiger partial charge in [0.05, 0.1) is 18.8 Å². The molecule has 0 bridgehead atoms. The maximum atomic E-state index is 13.0. The maximum absolute atomic E-state index is 13.0. The summed E-state index contributed by atoms with van der Waals surface area (Å²) in [4.78, 5) is 14.9. The highest BCUT2D eigenvalue weighted by atomic mass is 16.5. The molecule has 23 heavy (non-hydrogen) atoms. The van der Waals surface area contributed by atoms with E-state index in [4.69, 9.17) is 10.5 Å². The predicted molar refractivity (Wildman–Crippen MR) is 90.0 cm³/mol. The number of nitrogens with zero attached hydrogens (tertiary/aromatic N) is 1. The SMILES string of the molecule is CC1CN(C(=O)c2ccc(CN)cc2)C(c2ccccc2)CO1. The molecular formula is C19H22N2O2. The normalized spacial score (nSPS) is 21.2. The van der Waals surface area contributed by atoms with Gasteiger partial charge in [0.2, 0.25) is 0 Å². The Hall–Kier alpha value is -2.17. The molecule has 0 aromatic heterocycles. The number of hydrogen-bond donors (Lipinski definition) is 1. The molecule has 0 saturated carbocycles. The predicted octanol–water partition coefficient (Wildman–Crippen LogP) is 2.75. The van der Waals surface area contributed by atoms with E-state index in [0.29, 0.717) is 25.3 Å². The molecule has 2 atom stereocenters. The number of ether oxygens (including phenoxy) is 1. The van der Waals surface area contributed by atoms with E-state index in [9.17, 15) is 4.79 Å². The highest BCUT2D eigenvalue weighted by molar-refractivity contribution is 5.94. The van der Waals surface area contributed by atoms with Gasteiger partial charge in [-0.15, -0.1) is 0 Å². The molecule has 0 spiro atoms. The van der Waals surface area contributed by atoms with Crippen LogP contribution >= 0.6 is 0 Å². The number of hydrogen-bond acceptors (Lipinski definition) is 3. The van der Waals surface area contributed by atoms with Crippen LogP contribution in [0, 0.1) is 0 Å². The van der Waals surface area contributed by atoms with E-state index < -0.39 is 0 Å². The Bertz CT molecular complexity index is 655. The number of carbonyl (C=O) groups is 1. The Labute approximate surface area is 136 Å². The van der Waals surface area contributed by atoms with Crippen LogP contribution in [0.4, 0.5) is 0 Å². The molecule has 120 valence electrons. The Balaban J connectivity index is 1.87. The van der Waals surface area contributed by atoms with Crippen LogP contribution in [-0.4, -0.2) is 30.1 Å². The zero-order valence-corrected chi connectivity index (χ0v) is 13.3. The molecule has 2 aromatic carbocycles. The number of nitrogens with two attached hydrogens (primary N) is 1. The summed E-state index contributed by atoms with van der Waals surface area (Å²) >= 11 is 0. The summed E-state index contributed by atoms with van der Waals surface area (Å²) in [6.45, 7) is 3.60. The molecule has 2 aromatic rings. The zero-order chi connectivity index (χ0) is 16.2. The van der Waals surface area contributed by atoms with Gasteiger partial charge in [-0.05, 0) is 30.2 Å². The Morgan fingerprint density at radius 2 is 1.87 bits per heavy atom. The van der Waals surface area contributed by atoms with Crippen molar-refractivity contribution in [2.24, 2.45) is 5.73 Å². The minimum absolute atomic E-state index is 0.0394. The first-order valence-corrected chi connectivity index (χ1v) is 7.95. The summed E-state index contributed by atoms with van der Waals surface area (Å²) in [6, 6.07) is 17.5. The fourth-order valence-electron chi connectivity index (χ4n) is 2.93. The van der Waals surface area contributed by atoms with Crippen LogP contribution in [0.15, 0.2) is 54.6 Å². The lowest BCUT2D eigenvalue weighted by atomic mass is 10.0. The maximum Gasteiger partial charge on any atom is 0.254 e. The van der Waals surface area contributed by atoms with Crippen molar-refractivity contribution in [1.29, 1.82) is 0 Å². The van der Waals surface area contributed by atoms with E-state index in [2.05, 4.69) is 0 Å². The Morgan fingerprint density at radius 3 is 2.52 bits per heavy atom. The number of morpholine rings is 1. The van der Waals surface area contributed by atoms with Gasteiger partial charge in [-0.3, -0.25) is 4.79 Å². The summed E-state index contributed by atoms with van der Waals surface area (Å²) in [5.74, 6) is 0.0394. The van der Waals surface area contributed by atoms with E-state index in [0.717, 1.165) is 11.1 Å². The van der Waals surface area contributed by atoms with Crippen molar-refractivity contribution in [3.63, 3.8) is 0 Å². The average molecular weight is 310 g/mol. The number of carbonyl (C=O) groups excluding carboxylic acids is 1. The third kappa shape index (κ3) is 3.44. The first-order valence-electron chi connectivity index (χ1n) is 7.95. The van der Waals surface area contributed by atoms with E-state index in [1.807, 2.05) is 66.4 Å². The minimum atomic E-state index is -0.0471. The largest absolute Gasteiger partial charge is 0.374 e. The lowest BCUT2D eigenvalue weighted by Gasteiger charge is -2.39. The van der Waals surface area contributed by atoms with Crippen molar-refractivity contribution >= 4 is 5.91 Å². The third-order valence-electron chi connectivity index (χ3n) is 4.25. The van der Waals surface area contributed by atoms with Crippen molar-refractivity contribution in [1.82, 2.24) is 4.90 Å². The minimum Gasteiger partial charge on any atom is -0.374 e. The fraction of sp³-hybridized carbons (Fsp3) is 0.316. The van der Waals surface area contributed by atoms with E-state index in [-0.39, 0.29) is 18.1 Å². The van der Waals surface area contributed by atoms with Gasteiger partial charge in [-0.2, -0.15) is 0 Å². The quantitative estimate of drug-likeness (QED) is 0.948. The second-order valence-electron chi connectivity index (χ2n) is 5.93. The van der Waals surface area contributed by atoms with Crippen molar-refractivity contribution in [2.75, 3.05) is 13.2 Å². The van der Waals surface area contributed by atoms with Gasteiger partial charge >= 0.3 is 0 Å². The van der Waals surface area contributed by atoms with Crippen molar-refractivity contribution < 1.29 is 9.53 Å². The fourth-order valence-corrected chi connectivity index (χ4v) is 2.93. The second-order valence-corrected chi connectivity index (χ2v) is 5.93. The number of rotatable bonds is 3. The van der Waals surface area contributed by atoms with E-state index in [1.54, 1.807) is 0 Å². The van der Waals surface area contributed by atoms with Gasteiger partial charge in [0.25, 0.3) is 5.91 Å². The topological polar surface area (TPSA) is 55.6 Å². The van der Waals surface area contributed by atoms with Crippen molar-refractivity contribution in [3.05, 3.63) is 71.3 Å². The molecule has 1 saturated heterocycles. The van der Waals surface area contributed by atoms with Gasteiger partial charge in [0.1, 0.15) is 0 Å². The molecule has 0 radical (unpaired) electrons. The van der Waals surface area contributed by atoms with Crippen LogP contribution in [0.5, 0.6) is 0 Å². The molecule has 1 aliphatic heterocycles. The van der Waals surface area contributed by atoms with Gasteiger partial charge in [0.15, 0.2) is 0 Å².